The van der Waals surface area contributed by atoms with Crippen LogP contribution < -0.4 is 0 Å². The van der Waals surface area contributed by atoms with E-state index in [1.165, 1.54) is 19.3 Å². The molecule has 0 saturated heterocycles. The zero-order valence-electron chi connectivity index (χ0n) is 11.7. The Hall–Kier alpha value is -1.65. The van der Waals surface area contributed by atoms with Gasteiger partial charge in [-0.25, -0.2) is 9.79 Å². The normalized spacial score (nSPS) is 36.0. The van der Waals surface area contributed by atoms with Gasteiger partial charge >= 0.3 is 5.97 Å². The van der Waals surface area contributed by atoms with E-state index in [0.29, 0.717) is 11.8 Å². The highest BCUT2D eigenvalue weighted by atomic mass is 16.6. The summed E-state index contributed by atoms with van der Waals surface area (Å²) in [7, 11) is 1.83. The van der Waals surface area contributed by atoms with E-state index in [-0.39, 0.29) is 12.0 Å². The van der Waals surface area contributed by atoms with Crippen molar-refractivity contribution in [3.8, 4) is 0 Å². The van der Waals surface area contributed by atoms with E-state index in [1.807, 2.05) is 13.1 Å². The SMILES string of the molecule is Cn1nccc1C1=NC(C2CC3CCC(C3)C2)C(=O)O1. The standard InChI is InChI=1S/C15H19N3O2/c1-18-12(4-5-16-18)14-17-13(15(19)20-14)11-7-9-2-3-10(6-9)8-11/h4-5,9-11,13H,2-3,6-8H2,1H3. The van der Waals surface area contributed by atoms with Crippen LogP contribution in [-0.2, 0) is 16.6 Å². The van der Waals surface area contributed by atoms with Gasteiger partial charge in [0.05, 0.1) is 0 Å². The molecule has 1 aromatic heterocycles. The van der Waals surface area contributed by atoms with Crippen molar-refractivity contribution in [2.45, 2.75) is 38.1 Å². The van der Waals surface area contributed by atoms with Gasteiger partial charge in [-0.05, 0) is 43.1 Å². The summed E-state index contributed by atoms with van der Waals surface area (Å²) in [6.45, 7) is 0. The average Bonchev–Trinajstić information content (AvgIpc) is 3.09. The lowest BCUT2D eigenvalue weighted by Gasteiger charge is -2.28. The van der Waals surface area contributed by atoms with E-state index in [2.05, 4.69) is 10.1 Å². The van der Waals surface area contributed by atoms with Crippen LogP contribution in [0.1, 0.15) is 37.8 Å². The third-order valence-corrected chi connectivity index (χ3v) is 5.10. The first kappa shape index (κ1) is 12.1. The van der Waals surface area contributed by atoms with Crippen molar-refractivity contribution in [3.63, 3.8) is 0 Å². The molecule has 5 nitrogen and oxygen atoms in total. The molecule has 1 aliphatic heterocycles. The lowest BCUT2D eigenvalue weighted by Crippen LogP contribution is -2.30. The van der Waals surface area contributed by atoms with Crippen molar-refractivity contribution in [3.05, 3.63) is 18.0 Å². The van der Waals surface area contributed by atoms with E-state index < -0.39 is 0 Å². The van der Waals surface area contributed by atoms with E-state index in [1.54, 1.807) is 10.9 Å². The minimum atomic E-state index is -0.289. The van der Waals surface area contributed by atoms with Gasteiger partial charge in [0, 0.05) is 13.2 Å². The highest BCUT2D eigenvalue weighted by molar-refractivity contribution is 6.05. The van der Waals surface area contributed by atoms with Crippen LogP contribution >= 0.6 is 0 Å². The topological polar surface area (TPSA) is 56.5 Å². The average molecular weight is 273 g/mol. The van der Waals surface area contributed by atoms with Gasteiger partial charge in [-0.15, -0.1) is 0 Å². The minimum absolute atomic E-state index is 0.174. The van der Waals surface area contributed by atoms with Gasteiger partial charge in [0.1, 0.15) is 5.69 Å². The predicted octanol–water partition coefficient (Wildman–Crippen LogP) is 1.92. The molecular formula is C15H19N3O2. The number of carbonyl (C=O) groups is 1. The summed E-state index contributed by atoms with van der Waals surface area (Å²) in [6.07, 6.45) is 8.00. The zero-order valence-corrected chi connectivity index (χ0v) is 11.7. The Balaban J connectivity index is 1.58. The number of nitrogens with zero attached hydrogens (tertiary/aromatic N) is 3. The summed E-state index contributed by atoms with van der Waals surface area (Å²) >= 11 is 0. The number of aryl methyl sites for hydroxylation is 1. The fourth-order valence-electron chi connectivity index (χ4n) is 4.18. The van der Waals surface area contributed by atoms with Gasteiger partial charge in [-0.3, -0.25) is 4.68 Å². The maximum Gasteiger partial charge on any atom is 0.338 e. The van der Waals surface area contributed by atoms with Crippen LogP contribution in [0.25, 0.3) is 0 Å². The monoisotopic (exact) mass is 273 g/mol. The van der Waals surface area contributed by atoms with Gasteiger partial charge < -0.3 is 4.74 Å². The molecule has 5 heteroatoms. The third kappa shape index (κ3) is 1.87. The Kier molecular flexibility index (Phi) is 2.69. The Morgan fingerprint density at radius 2 is 2.00 bits per heavy atom. The van der Waals surface area contributed by atoms with Crippen LogP contribution in [0.5, 0.6) is 0 Å². The van der Waals surface area contributed by atoms with Crippen LogP contribution in [0.2, 0.25) is 0 Å². The molecule has 0 spiro atoms. The molecule has 2 fully saturated rings. The zero-order chi connectivity index (χ0) is 13.7. The second-order valence-electron chi connectivity index (χ2n) is 6.42. The van der Waals surface area contributed by atoms with E-state index >= 15 is 0 Å². The summed E-state index contributed by atoms with van der Waals surface area (Å²) in [5.41, 5.74) is 0.777. The first-order valence-corrected chi connectivity index (χ1v) is 7.48. The Morgan fingerprint density at radius 1 is 1.25 bits per heavy atom. The fraction of sp³-hybridized carbons (Fsp3) is 0.667. The number of esters is 1. The molecule has 0 N–H and O–H groups in total. The molecule has 2 saturated carbocycles. The van der Waals surface area contributed by atoms with Gasteiger partial charge in [0.2, 0.25) is 5.90 Å². The number of hydrogen-bond acceptors (Lipinski definition) is 4. The number of ether oxygens (including phenoxy) is 1. The van der Waals surface area contributed by atoms with E-state index in [4.69, 9.17) is 4.74 Å². The summed E-state index contributed by atoms with van der Waals surface area (Å²) in [4.78, 5) is 16.7. The number of rotatable bonds is 2. The molecule has 4 rings (SSSR count). The second kappa shape index (κ2) is 4.43. The van der Waals surface area contributed by atoms with Gasteiger partial charge in [-0.2, -0.15) is 5.10 Å². The van der Waals surface area contributed by atoms with Crippen molar-refractivity contribution in [1.82, 2.24) is 9.78 Å². The Labute approximate surface area is 118 Å². The molecule has 2 bridgehead atoms. The maximum absolute atomic E-state index is 12.2. The van der Waals surface area contributed by atoms with Gasteiger partial charge in [-0.1, -0.05) is 12.8 Å². The first-order valence-electron chi connectivity index (χ1n) is 7.48. The van der Waals surface area contributed by atoms with Crippen molar-refractivity contribution in [2.75, 3.05) is 0 Å². The molecule has 2 heterocycles. The smallest absolute Gasteiger partial charge is 0.338 e. The molecule has 106 valence electrons. The van der Waals surface area contributed by atoms with E-state index in [9.17, 15) is 4.79 Å². The van der Waals surface area contributed by atoms with Crippen molar-refractivity contribution >= 4 is 11.9 Å². The number of carbonyl (C=O) groups excluding carboxylic acids is 1. The van der Waals surface area contributed by atoms with Crippen LogP contribution in [0.4, 0.5) is 0 Å². The number of aliphatic imine (C=N–C) groups is 1. The van der Waals surface area contributed by atoms with Crippen LogP contribution in [0.15, 0.2) is 17.3 Å². The lowest BCUT2D eigenvalue weighted by atomic mass is 9.77. The predicted molar refractivity (Wildman–Crippen MR) is 73.2 cm³/mol. The summed E-state index contributed by atoms with van der Waals surface area (Å²) in [5.74, 6) is 2.26. The molecular weight excluding hydrogens is 254 g/mol. The molecule has 0 radical (unpaired) electrons. The number of aromatic nitrogens is 2. The van der Waals surface area contributed by atoms with Crippen molar-refractivity contribution < 1.29 is 9.53 Å². The van der Waals surface area contributed by atoms with Crippen LogP contribution in [0.3, 0.4) is 0 Å². The Morgan fingerprint density at radius 3 is 2.65 bits per heavy atom. The molecule has 2 aliphatic carbocycles. The molecule has 20 heavy (non-hydrogen) atoms. The molecule has 3 aliphatic rings. The number of hydrogen-bond donors (Lipinski definition) is 0. The van der Waals surface area contributed by atoms with E-state index in [0.717, 1.165) is 30.4 Å². The molecule has 3 atom stereocenters. The molecule has 0 amide bonds. The van der Waals surface area contributed by atoms with Gasteiger partial charge in [0.15, 0.2) is 6.04 Å². The molecule has 1 aromatic rings. The lowest BCUT2D eigenvalue weighted by molar-refractivity contribution is -0.136. The van der Waals surface area contributed by atoms with Crippen molar-refractivity contribution in [2.24, 2.45) is 29.8 Å². The largest absolute Gasteiger partial charge is 0.404 e. The highest BCUT2D eigenvalue weighted by Crippen LogP contribution is 2.46. The summed E-state index contributed by atoms with van der Waals surface area (Å²) in [5, 5.41) is 4.10. The summed E-state index contributed by atoms with van der Waals surface area (Å²) < 4.78 is 7.09. The minimum Gasteiger partial charge on any atom is -0.404 e. The molecule has 3 unspecified atom stereocenters. The van der Waals surface area contributed by atoms with Crippen LogP contribution in [0, 0.1) is 17.8 Å². The maximum atomic E-state index is 12.2. The third-order valence-electron chi connectivity index (χ3n) is 5.10. The van der Waals surface area contributed by atoms with Crippen molar-refractivity contribution in [1.29, 1.82) is 0 Å². The number of fused-ring (bicyclic) bond motifs is 2. The number of cyclic esters (lactones) is 1. The highest BCUT2D eigenvalue weighted by Gasteiger charge is 2.43. The Bertz CT molecular complexity index is 565. The quantitative estimate of drug-likeness (QED) is 0.773. The molecule has 0 aromatic carbocycles. The van der Waals surface area contributed by atoms with Gasteiger partial charge in [0.25, 0.3) is 0 Å². The first-order chi connectivity index (χ1) is 9.70. The van der Waals surface area contributed by atoms with Crippen LogP contribution in [-0.4, -0.2) is 27.7 Å². The second-order valence-corrected chi connectivity index (χ2v) is 6.42. The summed E-state index contributed by atoms with van der Waals surface area (Å²) in [6, 6.07) is 1.54. The fourth-order valence-corrected chi connectivity index (χ4v) is 4.18.